The maximum absolute atomic E-state index is 11.8. The van der Waals surface area contributed by atoms with Gasteiger partial charge in [0.15, 0.2) is 5.96 Å². The average molecular weight is 304 g/mol. The SMILES string of the molecule is CCCCNC(N)=NCc1cccc(NC(=O)CC(C)C)c1. The van der Waals surface area contributed by atoms with E-state index in [0.717, 1.165) is 30.6 Å². The molecule has 0 fully saturated rings. The van der Waals surface area contributed by atoms with E-state index >= 15 is 0 Å². The van der Waals surface area contributed by atoms with Gasteiger partial charge in [-0.15, -0.1) is 0 Å². The van der Waals surface area contributed by atoms with Gasteiger partial charge in [-0.05, 0) is 30.0 Å². The second-order valence-corrected chi connectivity index (χ2v) is 5.83. The van der Waals surface area contributed by atoms with Crippen LogP contribution in [0.4, 0.5) is 5.69 Å². The van der Waals surface area contributed by atoms with E-state index in [1.165, 1.54) is 0 Å². The maximum Gasteiger partial charge on any atom is 0.224 e. The summed E-state index contributed by atoms with van der Waals surface area (Å²) in [5.74, 6) is 0.848. The van der Waals surface area contributed by atoms with Gasteiger partial charge in [0, 0.05) is 18.7 Å². The molecule has 5 nitrogen and oxygen atoms in total. The molecule has 1 aromatic carbocycles. The largest absolute Gasteiger partial charge is 0.370 e. The van der Waals surface area contributed by atoms with Crippen LogP contribution in [0.3, 0.4) is 0 Å². The Kier molecular flexibility index (Phi) is 8.04. The Morgan fingerprint density at radius 2 is 2.14 bits per heavy atom. The van der Waals surface area contributed by atoms with Crippen LogP contribution >= 0.6 is 0 Å². The van der Waals surface area contributed by atoms with Crippen LogP contribution in [0.25, 0.3) is 0 Å². The number of guanidine groups is 1. The molecule has 1 amide bonds. The summed E-state index contributed by atoms with van der Waals surface area (Å²) in [6.45, 7) is 7.53. The molecule has 0 aromatic heterocycles. The first kappa shape index (κ1) is 18.0. The number of benzene rings is 1. The summed E-state index contributed by atoms with van der Waals surface area (Å²) in [5.41, 5.74) is 7.62. The lowest BCUT2D eigenvalue weighted by Crippen LogP contribution is -2.32. The highest BCUT2D eigenvalue weighted by molar-refractivity contribution is 5.90. The van der Waals surface area contributed by atoms with E-state index in [9.17, 15) is 4.79 Å². The Morgan fingerprint density at radius 3 is 2.82 bits per heavy atom. The molecule has 0 atom stereocenters. The van der Waals surface area contributed by atoms with E-state index in [2.05, 4.69) is 22.5 Å². The number of amides is 1. The van der Waals surface area contributed by atoms with Gasteiger partial charge < -0.3 is 16.4 Å². The molecule has 0 bridgehead atoms. The van der Waals surface area contributed by atoms with E-state index in [1.54, 1.807) is 0 Å². The van der Waals surface area contributed by atoms with Crippen molar-refractivity contribution in [1.82, 2.24) is 5.32 Å². The van der Waals surface area contributed by atoms with Crippen molar-refractivity contribution in [3.05, 3.63) is 29.8 Å². The molecule has 0 saturated carbocycles. The number of anilines is 1. The highest BCUT2D eigenvalue weighted by Gasteiger charge is 2.05. The number of rotatable bonds is 8. The van der Waals surface area contributed by atoms with E-state index in [4.69, 9.17) is 5.73 Å². The average Bonchev–Trinajstić information content (AvgIpc) is 2.45. The van der Waals surface area contributed by atoms with E-state index in [-0.39, 0.29) is 5.91 Å². The Morgan fingerprint density at radius 1 is 1.36 bits per heavy atom. The minimum atomic E-state index is 0.0383. The third-order valence-electron chi connectivity index (χ3n) is 3.07. The summed E-state index contributed by atoms with van der Waals surface area (Å²) in [6.07, 6.45) is 2.72. The van der Waals surface area contributed by atoms with Crippen molar-refractivity contribution in [2.45, 2.75) is 46.6 Å². The Balaban J connectivity index is 2.53. The number of nitrogens with one attached hydrogen (secondary N) is 2. The molecule has 0 spiro atoms. The highest BCUT2D eigenvalue weighted by Crippen LogP contribution is 2.13. The van der Waals surface area contributed by atoms with Crippen molar-refractivity contribution in [1.29, 1.82) is 0 Å². The summed E-state index contributed by atoms with van der Waals surface area (Å²) >= 11 is 0. The van der Waals surface area contributed by atoms with Gasteiger partial charge in [0.2, 0.25) is 5.91 Å². The fourth-order valence-electron chi connectivity index (χ4n) is 1.96. The van der Waals surface area contributed by atoms with E-state index < -0.39 is 0 Å². The van der Waals surface area contributed by atoms with Crippen LogP contribution in [-0.4, -0.2) is 18.4 Å². The second kappa shape index (κ2) is 9.82. The molecule has 0 aliphatic rings. The smallest absolute Gasteiger partial charge is 0.224 e. The topological polar surface area (TPSA) is 79.5 Å². The van der Waals surface area contributed by atoms with Gasteiger partial charge in [0.1, 0.15) is 0 Å². The van der Waals surface area contributed by atoms with Gasteiger partial charge in [-0.2, -0.15) is 0 Å². The number of aliphatic imine (C=N–C) groups is 1. The molecule has 5 heteroatoms. The van der Waals surface area contributed by atoms with Crippen LogP contribution in [0.5, 0.6) is 0 Å². The molecule has 22 heavy (non-hydrogen) atoms. The predicted octanol–water partition coefficient (Wildman–Crippen LogP) is 2.88. The zero-order chi connectivity index (χ0) is 16.4. The number of carbonyl (C=O) groups is 1. The summed E-state index contributed by atoms with van der Waals surface area (Å²) in [4.78, 5) is 16.1. The van der Waals surface area contributed by atoms with Gasteiger partial charge in [0.05, 0.1) is 6.54 Å². The summed E-state index contributed by atoms with van der Waals surface area (Å²) in [6, 6.07) is 7.70. The molecular formula is C17H28N4O. The van der Waals surface area contributed by atoms with E-state index in [1.807, 2.05) is 38.1 Å². The minimum Gasteiger partial charge on any atom is -0.370 e. The summed E-state index contributed by atoms with van der Waals surface area (Å²) < 4.78 is 0. The van der Waals surface area contributed by atoms with Crippen LogP contribution in [-0.2, 0) is 11.3 Å². The Bertz CT molecular complexity index is 497. The summed E-state index contributed by atoms with van der Waals surface area (Å²) in [7, 11) is 0. The maximum atomic E-state index is 11.8. The van der Waals surface area contributed by atoms with Crippen molar-refractivity contribution in [3.63, 3.8) is 0 Å². The van der Waals surface area contributed by atoms with Gasteiger partial charge in [-0.1, -0.05) is 39.3 Å². The normalized spacial score (nSPS) is 11.5. The third kappa shape index (κ3) is 7.67. The molecule has 1 rings (SSSR count). The first-order valence-electron chi connectivity index (χ1n) is 7.93. The molecule has 0 radical (unpaired) electrons. The first-order chi connectivity index (χ1) is 10.5. The predicted molar refractivity (Wildman–Crippen MR) is 92.8 cm³/mol. The van der Waals surface area contributed by atoms with Crippen molar-refractivity contribution >= 4 is 17.6 Å². The molecule has 0 unspecified atom stereocenters. The standard InChI is InChI=1S/C17H28N4O/c1-4-5-9-19-17(18)20-12-14-7-6-8-15(11-14)21-16(22)10-13(2)3/h6-8,11,13H,4-5,9-10,12H2,1-3H3,(H,21,22)(H3,18,19,20). The van der Waals surface area contributed by atoms with Gasteiger partial charge in [-0.3, -0.25) is 4.79 Å². The first-order valence-corrected chi connectivity index (χ1v) is 7.93. The van der Waals surface area contributed by atoms with Crippen LogP contribution in [0.15, 0.2) is 29.3 Å². The lowest BCUT2D eigenvalue weighted by atomic mass is 10.1. The monoisotopic (exact) mass is 304 g/mol. The van der Waals surface area contributed by atoms with Crippen LogP contribution in [0.2, 0.25) is 0 Å². The number of hydrogen-bond acceptors (Lipinski definition) is 2. The van der Waals surface area contributed by atoms with Gasteiger partial charge in [-0.25, -0.2) is 4.99 Å². The second-order valence-electron chi connectivity index (χ2n) is 5.83. The zero-order valence-corrected chi connectivity index (χ0v) is 13.9. The molecule has 0 heterocycles. The Hall–Kier alpha value is -2.04. The fourth-order valence-corrected chi connectivity index (χ4v) is 1.96. The molecular weight excluding hydrogens is 276 g/mol. The van der Waals surface area contributed by atoms with Crippen molar-refractivity contribution in [2.24, 2.45) is 16.6 Å². The van der Waals surface area contributed by atoms with Gasteiger partial charge >= 0.3 is 0 Å². The van der Waals surface area contributed by atoms with E-state index in [0.29, 0.717) is 24.8 Å². The Labute approximate surface area is 133 Å². The number of hydrogen-bond donors (Lipinski definition) is 3. The van der Waals surface area contributed by atoms with Crippen molar-refractivity contribution in [3.8, 4) is 0 Å². The van der Waals surface area contributed by atoms with Crippen LogP contribution in [0, 0.1) is 5.92 Å². The molecule has 0 saturated heterocycles. The summed E-state index contributed by atoms with van der Waals surface area (Å²) in [5, 5.41) is 5.99. The molecule has 122 valence electrons. The molecule has 0 aliphatic carbocycles. The van der Waals surface area contributed by atoms with Crippen molar-refractivity contribution in [2.75, 3.05) is 11.9 Å². The minimum absolute atomic E-state index is 0.0383. The molecule has 1 aromatic rings. The van der Waals surface area contributed by atoms with Gasteiger partial charge in [0.25, 0.3) is 0 Å². The lowest BCUT2D eigenvalue weighted by Gasteiger charge is -2.08. The van der Waals surface area contributed by atoms with Crippen molar-refractivity contribution < 1.29 is 4.79 Å². The van der Waals surface area contributed by atoms with Crippen LogP contribution < -0.4 is 16.4 Å². The fraction of sp³-hybridized carbons (Fsp3) is 0.529. The number of nitrogens with zero attached hydrogens (tertiary/aromatic N) is 1. The number of unbranched alkanes of at least 4 members (excludes halogenated alkanes) is 1. The molecule has 0 aliphatic heterocycles. The third-order valence-corrected chi connectivity index (χ3v) is 3.07. The number of carbonyl (C=O) groups excluding carboxylic acids is 1. The quantitative estimate of drug-likeness (QED) is 0.392. The highest BCUT2D eigenvalue weighted by atomic mass is 16.1. The number of nitrogens with two attached hydrogens (primary N) is 1. The van der Waals surface area contributed by atoms with Crippen LogP contribution in [0.1, 0.15) is 45.6 Å². The lowest BCUT2D eigenvalue weighted by molar-refractivity contribution is -0.116. The zero-order valence-electron chi connectivity index (χ0n) is 13.9. The molecule has 4 N–H and O–H groups in total.